The molecule has 1 aliphatic carbocycles. The molecule has 0 atom stereocenters. The van der Waals surface area contributed by atoms with Crippen LogP contribution in [0.4, 0.5) is 0 Å². The topological polar surface area (TPSA) is 104 Å². The Hall–Kier alpha value is -2.71. The first-order valence-electron chi connectivity index (χ1n) is 9.13. The predicted octanol–water partition coefficient (Wildman–Crippen LogP) is 2.73. The Morgan fingerprint density at radius 2 is 1.63 bits per heavy atom. The SMILES string of the molecule is CC(C)(C)c1ccc(S(=O)(=O)N=C2C=C(SCC(=O)[O-])C(=O)c3ccccc32)cc1. The lowest BCUT2D eigenvalue weighted by Gasteiger charge is -2.19. The Balaban J connectivity index is 2.06. The van der Waals surface area contributed by atoms with Gasteiger partial charge in [0.25, 0.3) is 10.0 Å². The van der Waals surface area contributed by atoms with Crippen LogP contribution in [0.3, 0.4) is 0 Å². The van der Waals surface area contributed by atoms with Crippen molar-refractivity contribution in [3.05, 3.63) is 76.2 Å². The van der Waals surface area contributed by atoms with Crippen LogP contribution in [0, 0.1) is 0 Å². The summed E-state index contributed by atoms with van der Waals surface area (Å²) in [5.41, 5.74) is 1.62. The lowest BCUT2D eigenvalue weighted by Crippen LogP contribution is -2.25. The molecule has 0 saturated carbocycles. The fraction of sp³-hybridized carbons (Fsp3) is 0.227. The molecular weight excluding hydrogens is 422 g/mol. The Labute approximate surface area is 179 Å². The minimum atomic E-state index is -4.04. The maximum Gasteiger partial charge on any atom is 0.282 e. The van der Waals surface area contributed by atoms with Crippen molar-refractivity contribution in [3.8, 4) is 0 Å². The zero-order valence-corrected chi connectivity index (χ0v) is 18.3. The molecule has 0 heterocycles. The minimum absolute atomic E-state index is 0.0368. The second kappa shape index (κ2) is 8.20. The van der Waals surface area contributed by atoms with Gasteiger partial charge in [0.1, 0.15) is 0 Å². The van der Waals surface area contributed by atoms with Gasteiger partial charge in [-0.3, -0.25) is 4.79 Å². The number of allylic oxidation sites excluding steroid dienone is 2. The van der Waals surface area contributed by atoms with Crippen molar-refractivity contribution in [3.63, 3.8) is 0 Å². The van der Waals surface area contributed by atoms with Gasteiger partial charge in [-0.1, -0.05) is 57.2 Å². The van der Waals surface area contributed by atoms with Crippen LogP contribution in [0.2, 0.25) is 0 Å². The second-order valence-corrected chi connectivity index (χ2v) is 10.4. The van der Waals surface area contributed by atoms with E-state index < -0.39 is 21.7 Å². The molecule has 156 valence electrons. The molecule has 6 nitrogen and oxygen atoms in total. The molecule has 1 aliphatic rings. The molecule has 0 aliphatic heterocycles. The van der Waals surface area contributed by atoms with Gasteiger partial charge < -0.3 is 9.90 Å². The highest BCUT2D eigenvalue weighted by Gasteiger charge is 2.26. The summed E-state index contributed by atoms with van der Waals surface area (Å²) in [6.45, 7) is 6.09. The van der Waals surface area contributed by atoms with E-state index in [1.54, 1.807) is 36.4 Å². The number of thioether (sulfide) groups is 1. The average Bonchev–Trinajstić information content (AvgIpc) is 2.68. The highest BCUT2D eigenvalue weighted by atomic mass is 32.2. The van der Waals surface area contributed by atoms with Crippen LogP contribution in [0.1, 0.15) is 42.3 Å². The van der Waals surface area contributed by atoms with E-state index in [-0.39, 0.29) is 32.3 Å². The standard InChI is InChI=1S/C22H21NO5S2/c1-22(2,3)14-8-10-15(11-9-14)30(27,28)23-18-12-19(29-13-20(24)25)21(26)17-7-5-4-6-16(17)18/h4-12H,13H2,1-3H3,(H,24,25)/p-1. The molecule has 0 amide bonds. The summed E-state index contributed by atoms with van der Waals surface area (Å²) >= 11 is 0.781. The first-order chi connectivity index (χ1) is 14.0. The van der Waals surface area contributed by atoms with Crippen LogP contribution in [0.5, 0.6) is 0 Å². The monoisotopic (exact) mass is 442 g/mol. The lowest BCUT2D eigenvalue weighted by molar-refractivity contribution is -0.301. The maximum atomic E-state index is 12.9. The quantitative estimate of drug-likeness (QED) is 0.705. The molecule has 0 bridgehead atoms. The summed E-state index contributed by atoms with van der Waals surface area (Å²) in [5.74, 6) is -2.12. The Kier molecular flexibility index (Phi) is 6.01. The van der Waals surface area contributed by atoms with Gasteiger partial charge in [0, 0.05) is 16.9 Å². The summed E-state index contributed by atoms with van der Waals surface area (Å²) in [6, 6.07) is 13.0. The average molecular weight is 443 g/mol. The highest BCUT2D eigenvalue weighted by Crippen LogP contribution is 2.30. The molecule has 0 aromatic heterocycles. The molecule has 2 aromatic carbocycles. The van der Waals surface area contributed by atoms with Gasteiger partial charge in [-0.2, -0.15) is 12.8 Å². The number of ketones is 1. The Morgan fingerprint density at radius 3 is 2.20 bits per heavy atom. The minimum Gasteiger partial charge on any atom is -0.549 e. The van der Waals surface area contributed by atoms with Crippen molar-refractivity contribution in [1.82, 2.24) is 0 Å². The summed E-state index contributed by atoms with van der Waals surface area (Å²) in [6.07, 6.45) is 1.32. The molecular formula is C22H20NO5S2-. The summed E-state index contributed by atoms with van der Waals surface area (Å²) in [5, 5.41) is 10.8. The highest BCUT2D eigenvalue weighted by molar-refractivity contribution is 8.04. The fourth-order valence-corrected chi connectivity index (χ4v) is 4.64. The number of nitrogens with zero attached hydrogens (tertiary/aromatic N) is 1. The van der Waals surface area contributed by atoms with Gasteiger partial charge in [-0.05, 0) is 29.2 Å². The van der Waals surface area contributed by atoms with Crippen LogP contribution in [-0.4, -0.2) is 31.6 Å². The molecule has 0 unspecified atom stereocenters. The summed E-state index contributed by atoms with van der Waals surface area (Å²) < 4.78 is 29.8. The molecule has 2 aromatic rings. The van der Waals surface area contributed by atoms with Gasteiger partial charge >= 0.3 is 0 Å². The first kappa shape index (κ1) is 22.0. The van der Waals surface area contributed by atoms with Crippen molar-refractivity contribution in [1.29, 1.82) is 0 Å². The molecule has 30 heavy (non-hydrogen) atoms. The number of fused-ring (bicyclic) bond motifs is 1. The van der Waals surface area contributed by atoms with E-state index in [9.17, 15) is 23.1 Å². The third-order valence-corrected chi connectivity index (χ3v) is 6.82. The van der Waals surface area contributed by atoms with E-state index in [1.165, 1.54) is 18.2 Å². The summed E-state index contributed by atoms with van der Waals surface area (Å²) in [7, 11) is -4.04. The van der Waals surface area contributed by atoms with Crippen LogP contribution in [0.25, 0.3) is 0 Å². The molecule has 0 fully saturated rings. The number of benzene rings is 2. The van der Waals surface area contributed by atoms with E-state index in [0.717, 1.165) is 17.3 Å². The smallest absolute Gasteiger partial charge is 0.282 e. The van der Waals surface area contributed by atoms with Gasteiger partial charge in [0.05, 0.1) is 21.5 Å². The number of Topliss-reactive ketones (excluding diaryl/α,β-unsaturated/α-hetero) is 1. The van der Waals surface area contributed by atoms with Crippen LogP contribution >= 0.6 is 11.8 Å². The van der Waals surface area contributed by atoms with E-state index in [2.05, 4.69) is 4.40 Å². The van der Waals surface area contributed by atoms with Gasteiger partial charge in [-0.25, -0.2) is 0 Å². The lowest BCUT2D eigenvalue weighted by atomic mass is 9.87. The normalized spacial score (nSPS) is 15.6. The second-order valence-electron chi connectivity index (χ2n) is 7.77. The predicted molar refractivity (Wildman–Crippen MR) is 115 cm³/mol. The fourth-order valence-electron chi connectivity index (χ4n) is 2.93. The third kappa shape index (κ3) is 4.71. The van der Waals surface area contributed by atoms with Crippen LogP contribution in [0.15, 0.2) is 68.8 Å². The number of carboxylic acid groups (broad SMARTS) is 1. The molecule has 3 rings (SSSR count). The number of carboxylic acids is 1. The third-order valence-electron chi connectivity index (χ3n) is 4.52. The van der Waals surface area contributed by atoms with E-state index in [1.807, 2.05) is 20.8 Å². The number of sulfonamides is 1. The zero-order chi connectivity index (χ0) is 22.1. The van der Waals surface area contributed by atoms with E-state index in [4.69, 9.17) is 0 Å². The summed E-state index contributed by atoms with van der Waals surface area (Å²) in [4.78, 5) is 23.6. The van der Waals surface area contributed by atoms with Crippen LogP contribution in [-0.2, 0) is 20.2 Å². The molecule has 0 N–H and O–H groups in total. The first-order valence-corrected chi connectivity index (χ1v) is 11.6. The molecule has 0 spiro atoms. The number of carbonyl (C=O) groups excluding carboxylic acids is 2. The largest absolute Gasteiger partial charge is 0.549 e. The molecule has 8 heteroatoms. The van der Waals surface area contributed by atoms with Crippen molar-refractivity contribution in [2.24, 2.45) is 4.40 Å². The number of aliphatic carboxylic acids is 1. The van der Waals surface area contributed by atoms with Crippen molar-refractivity contribution < 1.29 is 23.1 Å². The van der Waals surface area contributed by atoms with Crippen molar-refractivity contribution >= 4 is 39.2 Å². The Morgan fingerprint density at radius 1 is 1.03 bits per heavy atom. The number of rotatable bonds is 5. The number of carbonyl (C=O) groups is 2. The van der Waals surface area contributed by atoms with Crippen molar-refractivity contribution in [2.45, 2.75) is 31.1 Å². The van der Waals surface area contributed by atoms with Gasteiger partial charge in [-0.15, -0.1) is 11.8 Å². The van der Waals surface area contributed by atoms with Gasteiger partial charge in [0.2, 0.25) is 0 Å². The molecule has 0 saturated heterocycles. The van der Waals surface area contributed by atoms with Crippen molar-refractivity contribution in [2.75, 3.05) is 5.75 Å². The van der Waals surface area contributed by atoms with Crippen LogP contribution < -0.4 is 5.11 Å². The maximum absolute atomic E-state index is 12.9. The van der Waals surface area contributed by atoms with E-state index >= 15 is 0 Å². The zero-order valence-electron chi connectivity index (χ0n) is 16.7. The van der Waals surface area contributed by atoms with E-state index in [0.29, 0.717) is 5.56 Å². The molecule has 0 radical (unpaired) electrons. The van der Waals surface area contributed by atoms with Gasteiger partial charge in [0.15, 0.2) is 5.78 Å². The Bertz CT molecular complexity index is 1170. The number of hydrogen-bond acceptors (Lipinski definition) is 6. The number of hydrogen-bond donors (Lipinski definition) is 0.